The lowest BCUT2D eigenvalue weighted by molar-refractivity contribution is 1.21. The van der Waals surface area contributed by atoms with Crippen molar-refractivity contribution in [3.8, 4) is 0 Å². The maximum atomic E-state index is 4.29. The van der Waals surface area contributed by atoms with Gasteiger partial charge in [0.05, 0.1) is 0 Å². The molecule has 0 unspecified atom stereocenters. The molecule has 1 aromatic heterocycles. The van der Waals surface area contributed by atoms with E-state index in [2.05, 4.69) is 36.6 Å². The fraction of sp³-hybridized carbons (Fsp3) is 0.444. The molecule has 1 nitrogen and oxygen atoms in total. The highest BCUT2D eigenvalue weighted by Gasteiger charge is 1.99. The molecule has 1 heterocycles. The van der Waals surface area contributed by atoms with E-state index in [1.54, 1.807) is 11.8 Å². The SMILES string of the molecule is CC(C)=CCSc1nscc1C. The van der Waals surface area contributed by atoms with E-state index in [0.717, 1.165) is 5.75 Å². The summed E-state index contributed by atoms with van der Waals surface area (Å²) >= 11 is 3.34. The highest BCUT2D eigenvalue weighted by atomic mass is 32.2. The van der Waals surface area contributed by atoms with Crippen LogP contribution >= 0.6 is 23.3 Å². The standard InChI is InChI=1S/C9H13NS2/c1-7(2)4-5-11-9-8(3)6-12-10-9/h4,6H,5H2,1-3H3. The summed E-state index contributed by atoms with van der Waals surface area (Å²) in [5, 5.41) is 3.27. The van der Waals surface area contributed by atoms with E-state index in [0.29, 0.717) is 0 Å². The van der Waals surface area contributed by atoms with Gasteiger partial charge in [0.15, 0.2) is 0 Å². The largest absolute Gasteiger partial charge is 0.186 e. The molecule has 0 saturated heterocycles. The van der Waals surface area contributed by atoms with E-state index in [4.69, 9.17) is 0 Å². The molecule has 0 aliphatic carbocycles. The van der Waals surface area contributed by atoms with Crippen molar-refractivity contribution in [2.45, 2.75) is 25.8 Å². The smallest absolute Gasteiger partial charge is 0.113 e. The summed E-state index contributed by atoms with van der Waals surface area (Å²) in [5.74, 6) is 1.03. The van der Waals surface area contributed by atoms with Crippen LogP contribution in [0.15, 0.2) is 22.1 Å². The van der Waals surface area contributed by atoms with Gasteiger partial charge >= 0.3 is 0 Å². The summed E-state index contributed by atoms with van der Waals surface area (Å²) in [4.78, 5) is 0. The van der Waals surface area contributed by atoms with E-state index >= 15 is 0 Å². The van der Waals surface area contributed by atoms with E-state index < -0.39 is 0 Å². The summed E-state index contributed by atoms with van der Waals surface area (Å²) in [7, 11) is 0. The number of aryl methyl sites for hydroxylation is 1. The maximum absolute atomic E-state index is 4.29. The maximum Gasteiger partial charge on any atom is 0.113 e. The molecule has 0 spiro atoms. The minimum absolute atomic E-state index is 1.03. The third-order valence-corrected chi connectivity index (χ3v) is 3.30. The van der Waals surface area contributed by atoms with Gasteiger partial charge in [-0.3, -0.25) is 0 Å². The topological polar surface area (TPSA) is 12.9 Å². The zero-order chi connectivity index (χ0) is 8.97. The second-order valence-electron chi connectivity index (χ2n) is 2.90. The summed E-state index contributed by atoms with van der Waals surface area (Å²) in [6.45, 7) is 6.34. The Kier molecular flexibility index (Phi) is 3.82. The van der Waals surface area contributed by atoms with Crippen LogP contribution in [0.5, 0.6) is 0 Å². The molecular weight excluding hydrogens is 186 g/mol. The lowest BCUT2D eigenvalue weighted by Gasteiger charge is -1.94. The van der Waals surface area contributed by atoms with Gasteiger partial charge in [0.1, 0.15) is 5.03 Å². The quantitative estimate of drug-likeness (QED) is 0.546. The first-order valence-corrected chi connectivity index (χ1v) is 5.69. The zero-order valence-corrected chi connectivity index (χ0v) is 9.26. The number of rotatable bonds is 3. The van der Waals surface area contributed by atoms with Crippen LogP contribution in [-0.4, -0.2) is 10.1 Å². The van der Waals surface area contributed by atoms with Gasteiger partial charge < -0.3 is 0 Å². The van der Waals surface area contributed by atoms with Gasteiger partial charge in [0, 0.05) is 11.1 Å². The zero-order valence-electron chi connectivity index (χ0n) is 7.63. The Morgan fingerprint density at radius 2 is 2.42 bits per heavy atom. The Morgan fingerprint density at radius 1 is 1.67 bits per heavy atom. The van der Waals surface area contributed by atoms with Crippen molar-refractivity contribution in [2.75, 3.05) is 5.75 Å². The molecule has 0 aliphatic rings. The first kappa shape index (κ1) is 9.81. The van der Waals surface area contributed by atoms with Gasteiger partial charge in [-0.2, -0.15) is 4.37 Å². The second-order valence-corrected chi connectivity index (χ2v) is 4.53. The fourth-order valence-electron chi connectivity index (χ4n) is 0.703. The Hall–Kier alpha value is -0.280. The molecule has 0 atom stereocenters. The number of allylic oxidation sites excluding steroid dienone is 1. The van der Waals surface area contributed by atoms with Gasteiger partial charge in [-0.05, 0) is 37.9 Å². The average Bonchev–Trinajstić information content (AvgIpc) is 2.36. The number of hydrogen-bond donors (Lipinski definition) is 0. The number of thioether (sulfide) groups is 1. The molecule has 3 heteroatoms. The third-order valence-electron chi connectivity index (χ3n) is 1.41. The molecule has 0 fully saturated rings. The predicted molar refractivity (Wildman–Crippen MR) is 57.0 cm³/mol. The van der Waals surface area contributed by atoms with E-state index in [1.165, 1.54) is 27.7 Å². The highest BCUT2D eigenvalue weighted by Crippen LogP contribution is 2.22. The summed E-state index contributed by atoms with van der Waals surface area (Å²) in [6.07, 6.45) is 2.23. The molecule has 1 rings (SSSR count). The van der Waals surface area contributed by atoms with Gasteiger partial charge in [0.25, 0.3) is 0 Å². The molecule has 0 amide bonds. The predicted octanol–water partition coefficient (Wildman–Crippen LogP) is 3.51. The third kappa shape index (κ3) is 2.99. The van der Waals surface area contributed by atoms with E-state index in [-0.39, 0.29) is 0 Å². The van der Waals surface area contributed by atoms with Crippen molar-refractivity contribution in [3.05, 3.63) is 22.6 Å². The van der Waals surface area contributed by atoms with Crippen LogP contribution in [0.4, 0.5) is 0 Å². The highest BCUT2D eigenvalue weighted by molar-refractivity contribution is 7.99. The summed E-state index contributed by atoms with van der Waals surface area (Å²) < 4.78 is 4.29. The lowest BCUT2D eigenvalue weighted by Crippen LogP contribution is -1.77. The van der Waals surface area contributed by atoms with Crippen molar-refractivity contribution in [1.82, 2.24) is 4.37 Å². The summed E-state index contributed by atoms with van der Waals surface area (Å²) in [6, 6.07) is 0. The first-order chi connectivity index (χ1) is 5.70. The Balaban J connectivity index is 2.44. The second kappa shape index (κ2) is 4.67. The molecule has 12 heavy (non-hydrogen) atoms. The van der Waals surface area contributed by atoms with Crippen molar-refractivity contribution in [2.24, 2.45) is 0 Å². The van der Waals surface area contributed by atoms with Gasteiger partial charge in [0.2, 0.25) is 0 Å². The molecule has 0 bridgehead atoms. The average molecular weight is 199 g/mol. The Labute approximate surface area is 82.1 Å². The summed E-state index contributed by atoms with van der Waals surface area (Å²) in [5.41, 5.74) is 2.67. The van der Waals surface area contributed by atoms with Crippen LogP contribution in [0.3, 0.4) is 0 Å². The van der Waals surface area contributed by atoms with E-state index in [1.807, 2.05) is 0 Å². The number of nitrogens with zero attached hydrogens (tertiary/aromatic N) is 1. The van der Waals surface area contributed by atoms with Gasteiger partial charge in [-0.15, -0.1) is 11.8 Å². The molecule has 66 valence electrons. The molecule has 0 aromatic carbocycles. The molecule has 0 radical (unpaired) electrons. The van der Waals surface area contributed by atoms with Crippen LogP contribution in [0.1, 0.15) is 19.4 Å². The van der Waals surface area contributed by atoms with Gasteiger partial charge in [-0.1, -0.05) is 11.6 Å². The van der Waals surface area contributed by atoms with Crippen LogP contribution in [-0.2, 0) is 0 Å². The molecule has 0 N–H and O–H groups in total. The molecule has 0 saturated carbocycles. The van der Waals surface area contributed by atoms with Crippen LogP contribution < -0.4 is 0 Å². The minimum atomic E-state index is 1.03. The van der Waals surface area contributed by atoms with Crippen LogP contribution in [0, 0.1) is 6.92 Å². The Bertz CT molecular complexity index is 272. The van der Waals surface area contributed by atoms with Crippen LogP contribution in [0.25, 0.3) is 0 Å². The van der Waals surface area contributed by atoms with Crippen LogP contribution in [0.2, 0.25) is 0 Å². The molecule has 0 aliphatic heterocycles. The van der Waals surface area contributed by atoms with Crippen molar-refractivity contribution < 1.29 is 0 Å². The number of aromatic nitrogens is 1. The minimum Gasteiger partial charge on any atom is -0.186 e. The normalized spacial score (nSPS) is 9.92. The monoisotopic (exact) mass is 199 g/mol. The Morgan fingerprint density at radius 3 is 2.92 bits per heavy atom. The van der Waals surface area contributed by atoms with Gasteiger partial charge in [-0.25, -0.2) is 0 Å². The van der Waals surface area contributed by atoms with Crippen molar-refractivity contribution in [1.29, 1.82) is 0 Å². The van der Waals surface area contributed by atoms with Crippen molar-refractivity contribution in [3.63, 3.8) is 0 Å². The van der Waals surface area contributed by atoms with Crippen molar-refractivity contribution >= 4 is 23.3 Å². The fourth-order valence-corrected chi connectivity index (χ4v) is 2.54. The first-order valence-electron chi connectivity index (χ1n) is 3.87. The number of hydrogen-bond acceptors (Lipinski definition) is 3. The molecular formula is C9H13NS2. The molecule has 1 aromatic rings. The lowest BCUT2D eigenvalue weighted by atomic mass is 10.3. The van der Waals surface area contributed by atoms with E-state index in [9.17, 15) is 0 Å².